The minimum Gasteiger partial charge on any atom is -0.348 e. The summed E-state index contributed by atoms with van der Waals surface area (Å²) in [5, 5.41) is 3.23. The predicted molar refractivity (Wildman–Crippen MR) is 88.6 cm³/mol. The van der Waals surface area contributed by atoms with Gasteiger partial charge in [-0.3, -0.25) is 4.79 Å². The van der Waals surface area contributed by atoms with Crippen molar-refractivity contribution in [1.29, 1.82) is 0 Å². The number of amides is 1. The van der Waals surface area contributed by atoms with Gasteiger partial charge >= 0.3 is 0 Å². The van der Waals surface area contributed by atoms with Gasteiger partial charge < -0.3 is 5.32 Å². The summed E-state index contributed by atoms with van der Waals surface area (Å²) in [6.07, 6.45) is 0. The normalized spacial score (nSPS) is 10.7. The molecule has 1 aromatic carbocycles. The maximum Gasteiger partial charge on any atom is 0.251 e. The number of rotatable bonds is 4. The number of benzene rings is 1. The second-order valence-electron chi connectivity index (χ2n) is 5.07. The van der Waals surface area contributed by atoms with Crippen LogP contribution in [0.2, 0.25) is 5.15 Å². The van der Waals surface area contributed by atoms with Gasteiger partial charge in [0.1, 0.15) is 5.15 Å². The monoisotopic (exact) mass is 366 g/mol. The molecule has 0 unspecified atom stereocenters. The van der Waals surface area contributed by atoms with Crippen molar-refractivity contribution >= 4 is 33.4 Å². The van der Waals surface area contributed by atoms with Crippen LogP contribution in [0.4, 0.5) is 0 Å². The molecule has 0 aliphatic carbocycles. The molecule has 0 saturated carbocycles. The van der Waals surface area contributed by atoms with E-state index in [4.69, 9.17) is 11.6 Å². The molecule has 0 aliphatic heterocycles. The van der Waals surface area contributed by atoms with Crippen molar-refractivity contribution in [3.8, 4) is 0 Å². The number of carbonyl (C=O) groups excluding carboxylic acids is 1. The van der Waals surface area contributed by atoms with E-state index in [2.05, 4.69) is 26.2 Å². The summed E-state index contributed by atoms with van der Waals surface area (Å²) in [5.41, 5.74) is 2.39. The molecular weight excluding hydrogens is 352 g/mol. The molecule has 0 aliphatic rings. The fraction of sp³-hybridized carbons (Fsp3) is 0.250. The molecule has 1 heterocycles. The fourth-order valence-electron chi connectivity index (χ4n) is 1.83. The Kier molecular flexibility index (Phi) is 5.37. The molecule has 0 atom stereocenters. The smallest absolute Gasteiger partial charge is 0.251 e. The summed E-state index contributed by atoms with van der Waals surface area (Å²) >= 11 is 9.36. The van der Waals surface area contributed by atoms with Crippen molar-refractivity contribution in [2.75, 3.05) is 0 Å². The molecule has 3 nitrogen and oxygen atoms in total. The second kappa shape index (κ2) is 7.05. The Labute approximate surface area is 137 Å². The largest absolute Gasteiger partial charge is 0.348 e. The van der Waals surface area contributed by atoms with Gasteiger partial charge in [0.15, 0.2) is 0 Å². The van der Waals surface area contributed by atoms with Gasteiger partial charge in [0.25, 0.3) is 5.91 Å². The van der Waals surface area contributed by atoms with Crippen molar-refractivity contribution in [2.24, 2.45) is 0 Å². The minimum absolute atomic E-state index is 0.149. The summed E-state index contributed by atoms with van der Waals surface area (Å²) in [6.45, 7) is 4.51. The maximum atomic E-state index is 12.2. The molecule has 0 bridgehead atoms. The average Bonchev–Trinajstić information content (AvgIpc) is 2.45. The van der Waals surface area contributed by atoms with Crippen LogP contribution in [0.5, 0.6) is 0 Å². The van der Waals surface area contributed by atoms with E-state index < -0.39 is 0 Å². The molecule has 0 radical (unpaired) electrons. The highest BCUT2D eigenvalue weighted by atomic mass is 79.9. The first kappa shape index (κ1) is 16.0. The molecule has 5 heteroatoms. The number of carbonyl (C=O) groups is 1. The Morgan fingerprint density at radius 3 is 2.57 bits per heavy atom. The molecule has 1 amide bonds. The van der Waals surface area contributed by atoms with Crippen LogP contribution in [-0.4, -0.2) is 10.9 Å². The Bertz CT molecular complexity index is 641. The number of aromatic nitrogens is 1. The van der Waals surface area contributed by atoms with E-state index in [0.717, 1.165) is 15.7 Å². The zero-order valence-corrected chi connectivity index (χ0v) is 14.2. The minimum atomic E-state index is -0.149. The number of hydrogen-bond acceptors (Lipinski definition) is 2. The van der Waals surface area contributed by atoms with Crippen molar-refractivity contribution in [3.05, 3.63) is 62.8 Å². The highest BCUT2D eigenvalue weighted by Gasteiger charge is 2.11. The van der Waals surface area contributed by atoms with Crippen LogP contribution in [0.25, 0.3) is 0 Å². The van der Waals surface area contributed by atoms with Crippen LogP contribution in [0.15, 0.2) is 40.9 Å². The zero-order valence-electron chi connectivity index (χ0n) is 11.9. The van der Waals surface area contributed by atoms with E-state index in [1.54, 1.807) is 12.1 Å². The highest BCUT2D eigenvalue weighted by molar-refractivity contribution is 9.10. The first-order valence-corrected chi connectivity index (χ1v) is 7.83. The summed E-state index contributed by atoms with van der Waals surface area (Å²) in [4.78, 5) is 16.4. The van der Waals surface area contributed by atoms with Gasteiger partial charge in [-0.05, 0) is 35.7 Å². The van der Waals surface area contributed by atoms with Crippen LogP contribution >= 0.6 is 27.5 Å². The molecule has 0 fully saturated rings. The third-order valence-electron chi connectivity index (χ3n) is 3.03. The number of hydrogen-bond donors (Lipinski definition) is 1. The molecule has 1 aromatic heterocycles. The summed E-state index contributed by atoms with van der Waals surface area (Å²) in [5.74, 6) is 0.0749. The fourth-order valence-corrected chi connectivity index (χ4v) is 2.31. The predicted octanol–water partition coefficient (Wildman–Crippen LogP) is 4.55. The van der Waals surface area contributed by atoms with Gasteiger partial charge in [0, 0.05) is 22.3 Å². The van der Waals surface area contributed by atoms with E-state index in [0.29, 0.717) is 17.3 Å². The van der Waals surface area contributed by atoms with Gasteiger partial charge in [-0.25, -0.2) is 4.98 Å². The topological polar surface area (TPSA) is 42.0 Å². The highest BCUT2D eigenvalue weighted by Crippen LogP contribution is 2.18. The quantitative estimate of drug-likeness (QED) is 0.805. The zero-order chi connectivity index (χ0) is 15.4. The molecule has 1 N–H and O–H groups in total. The maximum absolute atomic E-state index is 12.2. The lowest BCUT2D eigenvalue weighted by molar-refractivity contribution is 0.0950. The van der Waals surface area contributed by atoms with Gasteiger partial charge in [0.2, 0.25) is 0 Å². The average molecular weight is 368 g/mol. The molecule has 2 rings (SSSR count). The van der Waals surface area contributed by atoms with Gasteiger partial charge in [0.05, 0.1) is 0 Å². The molecule has 0 spiro atoms. The standard InChI is InChI=1S/C16H16BrClN2O/c1-10(2)14-7-12(8-15(18)20-14)16(21)19-9-11-3-5-13(17)6-4-11/h3-8,10H,9H2,1-2H3,(H,19,21). The van der Waals surface area contributed by atoms with Crippen molar-refractivity contribution in [2.45, 2.75) is 26.3 Å². The van der Waals surface area contributed by atoms with E-state index in [9.17, 15) is 4.79 Å². The van der Waals surface area contributed by atoms with Gasteiger partial charge in [-0.2, -0.15) is 0 Å². The lowest BCUT2D eigenvalue weighted by atomic mass is 10.1. The third kappa shape index (κ3) is 4.55. The van der Waals surface area contributed by atoms with E-state index in [1.807, 2.05) is 38.1 Å². The first-order valence-electron chi connectivity index (χ1n) is 6.66. The number of nitrogens with zero attached hydrogens (tertiary/aromatic N) is 1. The van der Waals surface area contributed by atoms with E-state index in [1.165, 1.54) is 0 Å². The molecular formula is C16H16BrClN2O. The summed E-state index contributed by atoms with van der Waals surface area (Å²) < 4.78 is 1.01. The second-order valence-corrected chi connectivity index (χ2v) is 6.37. The lowest BCUT2D eigenvalue weighted by Gasteiger charge is -2.09. The Hall–Kier alpha value is -1.39. The molecule has 110 valence electrons. The van der Waals surface area contributed by atoms with Gasteiger partial charge in [-0.15, -0.1) is 0 Å². The number of halogens is 2. The molecule has 2 aromatic rings. The molecule has 0 saturated heterocycles. The van der Waals surface area contributed by atoms with E-state index in [-0.39, 0.29) is 11.8 Å². The summed E-state index contributed by atoms with van der Waals surface area (Å²) in [6, 6.07) is 11.2. The summed E-state index contributed by atoms with van der Waals surface area (Å²) in [7, 11) is 0. The van der Waals surface area contributed by atoms with Crippen molar-refractivity contribution in [1.82, 2.24) is 10.3 Å². The number of nitrogens with one attached hydrogen (secondary N) is 1. The Balaban J connectivity index is 2.08. The lowest BCUT2D eigenvalue weighted by Crippen LogP contribution is -2.23. The van der Waals surface area contributed by atoms with Crippen LogP contribution in [0.1, 0.15) is 41.4 Å². The van der Waals surface area contributed by atoms with Crippen molar-refractivity contribution < 1.29 is 4.79 Å². The SMILES string of the molecule is CC(C)c1cc(C(=O)NCc2ccc(Br)cc2)cc(Cl)n1. The van der Waals surface area contributed by atoms with Gasteiger partial charge in [-0.1, -0.05) is 53.5 Å². The third-order valence-corrected chi connectivity index (χ3v) is 3.76. The van der Waals surface area contributed by atoms with E-state index >= 15 is 0 Å². The first-order chi connectivity index (χ1) is 9.95. The molecule has 21 heavy (non-hydrogen) atoms. The number of pyridine rings is 1. The van der Waals surface area contributed by atoms with Crippen LogP contribution in [0.3, 0.4) is 0 Å². The van der Waals surface area contributed by atoms with Crippen molar-refractivity contribution in [3.63, 3.8) is 0 Å². The van der Waals surface area contributed by atoms with Crippen LogP contribution < -0.4 is 5.32 Å². The Morgan fingerprint density at radius 2 is 1.95 bits per heavy atom. The Morgan fingerprint density at radius 1 is 1.29 bits per heavy atom. The van der Waals surface area contributed by atoms with Crippen LogP contribution in [-0.2, 0) is 6.54 Å². The van der Waals surface area contributed by atoms with Crippen LogP contribution in [0, 0.1) is 0 Å².